The van der Waals surface area contributed by atoms with Crippen LogP contribution < -0.4 is 11.3 Å². The fourth-order valence-electron chi connectivity index (χ4n) is 2.25. The lowest BCUT2D eigenvalue weighted by Crippen LogP contribution is -2.30. The highest BCUT2D eigenvalue weighted by Gasteiger charge is 2.39. The summed E-state index contributed by atoms with van der Waals surface area (Å²) in [5.41, 5.74) is 5.51. The Kier molecular flexibility index (Phi) is 3.40. The predicted molar refractivity (Wildman–Crippen MR) is 77.1 cm³/mol. The second kappa shape index (κ2) is 4.95. The van der Waals surface area contributed by atoms with Crippen LogP contribution in [0.15, 0.2) is 11.1 Å². The molecule has 10 heteroatoms. The number of ether oxygens (including phenoxy) is 1. The number of aromatic nitrogens is 4. The molecule has 2 aromatic heterocycles. The van der Waals surface area contributed by atoms with Crippen molar-refractivity contribution in [1.29, 1.82) is 0 Å². The minimum atomic E-state index is -0.830. The summed E-state index contributed by atoms with van der Waals surface area (Å²) < 4.78 is 6.29. The van der Waals surface area contributed by atoms with E-state index < -0.39 is 28.1 Å². The van der Waals surface area contributed by atoms with E-state index in [0.29, 0.717) is 0 Å². The molecule has 2 aromatic rings. The molecule has 9 nitrogen and oxygen atoms in total. The largest absolute Gasteiger partial charge is 0.390 e. The molecule has 3 heterocycles. The number of hydrogen-bond donors (Lipinski definition) is 4. The number of imidazole rings is 1. The lowest BCUT2D eigenvalue weighted by atomic mass is 10.2. The maximum Gasteiger partial charge on any atom is 0.280 e. The van der Waals surface area contributed by atoms with Gasteiger partial charge in [-0.3, -0.25) is 14.3 Å². The van der Waals surface area contributed by atoms with Crippen molar-refractivity contribution in [3.8, 4) is 0 Å². The zero-order chi connectivity index (χ0) is 14.4. The number of nitrogens with two attached hydrogens (primary N) is 1. The molecular weight excluding hydrogens is 381 g/mol. The minimum absolute atomic E-state index is 0.0201. The Morgan fingerprint density at radius 3 is 3.05 bits per heavy atom. The summed E-state index contributed by atoms with van der Waals surface area (Å²) >= 11 is 1.77. The molecule has 1 unspecified atom stereocenters. The van der Waals surface area contributed by atoms with Crippen LogP contribution in [-0.4, -0.2) is 46.1 Å². The van der Waals surface area contributed by atoms with E-state index in [0.717, 1.165) is 0 Å². The molecule has 4 atom stereocenters. The van der Waals surface area contributed by atoms with Gasteiger partial charge < -0.3 is 20.7 Å². The van der Waals surface area contributed by atoms with E-state index in [1.165, 1.54) is 10.9 Å². The van der Waals surface area contributed by atoms with Gasteiger partial charge in [0.05, 0.1) is 12.4 Å². The van der Waals surface area contributed by atoms with Crippen molar-refractivity contribution >= 4 is 39.7 Å². The average molecular weight is 393 g/mol. The zero-order valence-corrected chi connectivity index (χ0v) is 12.3. The van der Waals surface area contributed by atoms with Crippen LogP contribution in [0.1, 0.15) is 12.6 Å². The van der Waals surface area contributed by atoms with Crippen LogP contribution >= 0.6 is 22.6 Å². The number of nitrogens with one attached hydrogen (secondary N) is 1. The number of nitrogen functional groups attached to an aromatic ring is 1. The second-order valence-corrected chi connectivity index (χ2v) is 5.78. The van der Waals surface area contributed by atoms with Gasteiger partial charge in [0, 0.05) is 6.42 Å². The smallest absolute Gasteiger partial charge is 0.280 e. The fourth-order valence-corrected chi connectivity index (χ4v) is 2.90. The van der Waals surface area contributed by atoms with Crippen LogP contribution in [0.5, 0.6) is 0 Å². The molecule has 0 amide bonds. The van der Waals surface area contributed by atoms with Crippen molar-refractivity contribution in [2.75, 3.05) is 5.73 Å². The Morgan fingerprint density at radius 1 is 1.65 bits per heavy atom. The Bertz CT molecular complexity index is 699. The summed E-state index contributed by atoms with van der Waals surface area (Å²) in [4.78, 5) is 22.0. The summed E-state index contributed by atoms with van der Waals surface area (Å²) in [6.45, 7) is 0. The molecule has 1 fully saturated rings. The fraction of sp³-hybridized carbons (Fsp3) is 0.500. The number of hydrogen-bond acceptors (Lipinski definition) is 7. The highest BCUT2D eigenvalue weighted by atomic mass is 127. The first-order valence-electron chi connectivity index (χ1n) is 5.85. The van der Waals surface area contributed by atoms with E-state index in [9.17, 15) is 15.0 Å². The summed E-state index contributed by atoms with van der Waals surface area (Å²) in [7, 11) is 0. The molecule has 108 valence electrons. The first kappa shape index (κ1) is 13.7. The SMILES string of the molecule is Nc1nc2c(ncn2[C@H]2C[C@H](O)[C@@H](C(O)I)O2)c(=O)[nH]1. The number of fused-ring (bicyclic) bond motifs is 1. The third-order valence-corrected chi connectivity index (χ3v) is 3.88. The molecule has 0 saturated carbocycles. The topological polar surface area (TPSA) is 139 Å². The first-order chi connectivity index (χ1) is 9.47. The molecule has 1 saturated heterocycles. The van der Waals surface area contributed by atoms with Gasteiger partial charge in [-0.1, -0.05) is 0 Å². The second-order valence-electron chi connectivity index (χ2n) is 4.51. The third kappa shape index (κ3) is 2.17. The van der Waals surface area contributed by atoms with E-state index in [2.05, 4.69) is 15.0 Å². The number of anilines is 1. The minimum Gasteiger partial charge on any atom is -0.390 e. The summed E-state index contributed by atoms with van der Waals surface area (Å²) in [5.74, 6) is -0.0201. The van der Waals surface area contributed by atoms with Crippen molar-refractivity contribution in [1.82, 2.24) is 19.5 Å². The molecule has 5 N–H and O–H groups in total. The number of alkyl halides is 1. The average Bonchev–Trinajstić information content (AvgIpc) is 2.92. The molecule has 0 aromatic carbocycles. The molecule has 3 rings (SSSR count). The Balaban J connectivity index is 2.02. The number of H-pyrrole nitrogens is 1. The lowest BCUT2D eigenvalue weighted by Gasteiger charge is -2.16. The van der Waals surface area contributed by atoms with Crippen molar-refractivity contribution < 1.29 is 14.9 Å². The third-order valence-electron chi connectivity index (χ3n) is 3.17. The van der Waals surface area contributed by atoms with Gasteiger partial charge >= 0.3 is 0 Å². The molecular formula is C10H12IN5O4. The van der Waals surface area contributed by atoms with Gasteiger partial charge in [0.15, 0.2) is 11.2 Å². The van der Waals surface area contributed by atoms with E-state index >= 15 is 0 Å². The van der Waals surface area contributed by atoms with Crippen LogP contribution in [0.25, 0.3) is 11.2 Å². The number of aliphatic hydroxyl groups excluding tert-OH is 2. The normalized spacial score (nSPS) is 28.1. The van der Waals surface area contributed by atoms with E-state index in [1.807, 2.05) is 0 Å². The Labute approximate surface area is 125 Å². The molecule has 0 radical (unpaired) electrons. The van der Waals surface area contributed by atoms with E-state index in [1.54, 1.807) is 22.6 Å². The van der Waals surface area contributed by atoms with Crippen molar-refractivity contribution in [3.63, 3.8) is 0 Å². The number of aromatic amines is 1. The van der Waals surface area contributed by atoms with Crippen molar-refractivity contribution in [3.05, 3.63) is 16.7 Å². The van der Waals surface area contributed by atoms with Gasteiger partial charge in [0.2, 0.25) is 5.95 Å². The van der Waals surface area contributed by atoms with Crippen molar-refractivity contribution in [2.45, 2.75) is 29.0 Å². The monoisotopic (exact) mass is 393 g/mol. The van der Waals surface area contributed by atoms with Gasteiger partial charge in [-0.15, -0.1) is 0 Å². The van der Waals surface area contributed by atoms with E-state index in [-0.39, 0.29) is 23.5 Å². The maximum atomic E-state index is 11.7. The molecule has 1 aliphatic rings. The number of nitrogens with zero attached hydrogens (tertiary/aromatic N) is 3. The predicted octanol–water partition coefficient (Wildman–Crippen LogP) is -0.896. The van der Waals surface area contributed by atoms with Crippen molar-refractivity contribution in [2.24, 2.45) is 0 Å². The summed E-state index contributed by atoms with van der Waals surface area (Å²) in [6.07, 6.45) is -0.379. The van der Waals surface area contributed by atoms with Gasteiger partial charge in [-0.05, 0) is 22.6 Å². The zero-order valence-electron chi connectivity index (χ0n) is 10.1. The van der Waals surface area contributed by atoms with Crippen LogP contribution in [-0.2, 0) is 4.74 Å². The lowest BCUT2D eigenvalue weighted by molar-refractivity contribution is -0.0491. The highest BCUT2D eigenvalue weighted by Crippen LogP contribution is 2.33. The quantitative estimate of drug-likeness (QED) is 0.383. The number of rotatable bonds is 2. The standard InChI is InChI=1S/C10H12IN5O4/c11-7(18)6-3(17)1-4(20-6)16-2-13-5-8(16)14-10(12)15-9(5)19/h2-4,6-7,17-18H,1H2,(H3,12,14,15,19)/t3-,4+,6-,7?/m0/s1. The maximum absolute atomic E-state index is 11.7. The summed E-state index contributed by atoms with van der Waals surface area (Å²) in [5, 5.41) is 19.4. The Morgan fingerprint density at radius 2 is 2.40 bits per heavy atom. The molecule has 0 aliphatic carbocycles. The molecule has 1 aliphatic heterocycles. The molecule has 20 heavy (non-hydrogen) atoms. The van der Waals surface area contributed by atoms with Crippen LogP contribution in [0, 0.1) is 0 Å². The van der Waals surface area contributed by atoms with Crippen LogP contribution in [0.2, 0.25) is 0 Å². The Hall–Kier alpha value is -1.24. The number of halogens is 1. The summed E-state index contributed by atoms with van der Waals surface area (Å²) in [6, 6.07) is 0. The van der Waals surface area contributed by atoms with E-state index in [4.69, 9.17) is 10.5 Å². The van der Waals surface area contributed by atoms with Gasteiger partial charge in [-0.2, -0.15) is 4.98 Å². The number of aliphatic hydroxyl groups is 2. The van der Waals surface area contributed by atoms with Gasteiger partial charge in [-0.25, -0.2) is 4.98 Å². The van der Waals surface area contributed by atoms with Gasteiger partial charge in [0.25, 0.3) is 5.56 Å². The molecule has 0 bridgehead atoms. The van der Waals surface area contributed by atoms with Gasteiger partial charge in [0.1, 0.15) is 16.4 Å². The first-order valence-corrected chi connectivity index (χ1v) is 7.10. The highest BCUT2D eigenvalue weighted by molar-refractivity contribution is 14.1. The molecule has 0 spiro atoms. The van der Waals surface area contributed by atoms with Crippen LogP contribution in [0.4, 0.5) is 5.95 Å². The van der Waals surface area contributed by atoms with Crippen LogP contribution in [0.3, 0.4) is 0 Å².